The predicted octanol–water partition coefficient (Wildman–Crippen LogP) is 3.25. The highest BCUT2D eigenvalue weighted by Crippen LogP contribution is 2.27. The van der Waals surface area contributed by atoms with Crippen LogP contribution in [-0.4, -0.2) is 24.8 Å². The number of rotatable bonds is 6. The van der Waals surface area contributed by atoms with Crippen molar-refractivity contribution in [3.8, 4) is 0 Å². The molecule has 1 saturated carbocycles. The fourth-order valence-corrected chi connectivity index (χ4v) is 2.14. The van der Waals surface area contributed by atoms with Gasteiger partial charge in [0.15, 0.2) is 0 Å². The summed E-state index contributed by atoms with van der Waals surface area (Å²) in [5, 5.41) is 6.40. The van der Waals surface area contributed by atoms with Gasteiger partial charge in [-0.3, -0.25) is 0 Å². The van der Waals surface area contributed by atoms with E-state index in [0.29, 0.717) is 0 Å². The topological polar surface area (TPSA) is 50.4 Å². The maximum absolute atomic E-state index is 12.0. The Bertz CT molecular complexity index is 450. The molecule has 1 aromatic rings. The van der Waals surface area contributed by atoms with Gasteiger partial charge in [0.2, 0.25) is 0 Å². The van der Waals surface area contributed by atoms with Gasteiger partial charge in [-0.1, -0.05) is 30.3 Å². The molecule has 0 radical (unpaired) electrons. The Labute approximate surface area is 127 Å². The molecule has 0 bridgehead atoms. The number of ether oxygens (including phenoxy) is 1. The number of carbonyl (C=O) groups excluding carboxylic acids is 1. The molecule has 1 aromatic carbocycles. The van der Waals surface area contributed by atoms with Crippen LogP contribution in [0.25, 0.3) is 0 Å². The monoisotopic (exact) mass is 290 g/mol. The number of amides is 1. The van der Waals surface area contributed by atoms with E-state index in [0.717, 1.165) is 24.6 Å². The Morgan fingerprint density at radius 1 is 1.29 bits per heavy atom. The molecule has 0 aliphatic heterocycles. The van der Waals surface area contributed by atoms with Crippen molar-refractivity contribution >= 4 is 6.09 Å². The molecule has 116 valence electrons. The van der Waals surface area contributed by atoms with E-state index in [1.54, 1.807) is 0 Å². The molecule has 1 unspecified atom stereocenters. The third-order valence-corrected chi connectivity index (χ3v) is 3.37. The molecule has 1 aliphatic rings. The molecule has 0 aromatic heterocycles. The zero-order valence-electron chi connectivity index (χ0n) is 13.2. The second-order valence-electron chi connectivity index (χ2n) is 6.71. The van der Waals surface area contributed by atoms with E-state index >= 15 is 0 Å². The average molecular weight is 290 g/mol. The van der Waals surface area contributed by atoms with Crippen LogP contribution >= 0.6 is 0 Å². The van der Waals surface area contributed by atoms with Crippen molar-refractivity contribution in [1.29, 1.82) is 0 Å². The van der Waals surface area contributed by atoms with Gasteiger partial charge in [-0.2, -0.15) is 0 Å². The van der Waals surface area contributed by atoms with Gasteiger partial charge in [-0.05, 0) is 51.6 Å². The first-order valence-electron chi connectivity index (χ1n) is 7.69. The van der Waals surface area contributed by atoms with Gasteiger partial charge < -0.3 is 15.4 Å². The lowest BCUT2D eigenvalue weighted by atomic mass is 10.1. The van der Waals surface area contributed by atoms with Crippen LogP contribution in [0.15, 0.2) is 30.3 Å². The maximum Gasteiger partial charge on any atom is 0.408 e. The first-order chi connectivity index (χ1) is 9.94. The SMILES string of the molecule is CC(C)(C)OC(=O)NC(CNCC1CC1)c1ccccc1. The Morgan fingerprint density at radius 3 is 2.52 bits per heavy atom. The molecule has 1 amide bonds. The summed E-state index contributed by atoms with van der Waals surface area (Å²) in [7, 11) is 0. The minimum Gasteiger partial charge on any atom is -0.444 e. The first-order valence-corrected chi connectivity index (χ1v) is 7.69. The summed E-state index contributed by atoms with van der Waals surface area (Å²) >= 11 is 0. The summed E-state index contributed by atoms with van der Waals surface area (Å²) in [6, 6.07) is 9.94. The fraction of sp³-hybridized carbons (Fsp3) is 0.588. The molecular weight excluding hydrogens is 264 g/mol. The van der Waals surface area contributed by atoms with E-state index in [4.69, 9.17) is 4.74 Å². The molecular formula is C17H26N2O2. The second kappa shape index (κ2) is 6.94. The van der Waals surface area contributed by atoms with E-state index in [1.807, 2.05) is 51.1 Å². The zero-order valence-corrected chi connectivity index (χ0v) is 13.2. The van der Waals surface area contributed by atoms with Crippen molar-refractivity contribution in [1.82, 2.24) is 10.6 Å². The maximum atomic E-state index is 12.0. The predicted molar refractivity (Wildman–Crippen MR) is 84.1 cm³/mol. The number of carbonyl (C=O) groups is 1. The van der Waals surface area contributed by atoms with Gasteiger partial charge in [-0.15, -0.1) is 0 Å². The quantitative estimate of drug-likeness (QED) is 0.845. The molecule has 1 fully saturated rings. The molecule has 1 atom stereocenters. The second-order valence-corrected chi connectivity index (χ2v) is 6.71. The standard InChI is InChI=1S/C17H26N2O2/c1-17(2,3)21-16(20)19-15(12-18-11-13-9-10-13)14-7-5-4-6-8-14/h4-8,13,15,18H,9-12H2,1-3H3,(H,19,20). The van der Waals surface area contributed by atoms with E-state index in [1.165, 1.54) is 12.8 Å². The Balaban J connectivity index is 1.92. The lowest BCUT2D eigenvalue weighted by molar-refractivity contribution is 0.0503. The van der Waals surface area contributed by atoms with Gasteiger partial charge in [0.05, 0.1) is 6.04 Å². The summed E-state index contributed by atoms with van der Waals surface area (Å²) < 4.78 is 5.35. The largest absolute Gasteiger partial charge is 0.444 e. The summed E-state index contributed by atoms with van der Waals surface area (Å²) in [6.07, 6.45) is 2.27. The highest BCUT2D eigenvalue weighted by Gasteiger charge is 2.23. The highest BCUT2D eigenvalue weighted by molar-refractivity contribution is 5.68. The Kier molecular flexibility index (Phi) is 5.23. The van der Waals surface area contributed by atoms with Crippen molar-refractivity contribution in [2.24, 2.45) is 5.92 Å². The third kappa shape index (κ3) is 6.17. The van der Waals surface area contributed by atoms with Crippen LogP contribution in [0.3, 0.4) is 0 Å². The van der Waals surface area contributed by atoms with Gasteiger partial charge in [-0.25, -0.2) is 4.79 Å². The zero-order chi connectivity index (χ0) is 15.3. The summed E-state index contributed by atoms with van der Waals surface area (Å²) in [5.41, 5.74) is 0.610. The summed E-state index contributed by atoms with van der Waals surface area (Å²) in [6.45, 7) is 7.36. The van der Waals surface area contributed by atoms with Crippen molar-refractivity contribution < 1.29 is 9.53 Å². The average Bonchev–Trinajstić information content (AvgIpc) is 3.20. The first kappa shape index (κ1) is 15.8. The van der Waals surface area contributed by atoms with E-state index in [2.05, 4.69) is 10.6 Å². The van der Waals surface area contributed by atoms with Crippen LogP contribution in [0.2, 0.25) is 0 Å². The van der Waals surface area contributed by atoms with Crippen molar-refractivity contribution in [2.45, 2.75) is 45.3 Å². The fourth-order valence-electron chi connectivity index (χ4n) is 2.14. The molecule has 0 spiro atoms. The van der Waals surface area contributed by atoms with Crippen molar-refractivity contribution in [3.63, 3.8) is 0 Å². The van der Waals surface area contributed by atoms with Crippen molar-refractivity contribution in [2.75, 3.05) is 13.1 Å². The number of alkyl carbamates (subject to hydrolysis) is 1. The Hall–Kier alpha value is -1.55. The van der Waals surface area contributed by atoms with Gasteiger partial charge >= 0.3 is 6.09 Å². The van der Waals surface area contributed by atoms with Crippen molar-refractivity contribution in [3.05, 3.63) is 35.9 Å². The van der Waals surface area contributed by atoms with Crippen LogP contribution in [0, 0.1) is 5.92 Å². The van der Waals surface area contributed by atoms with Gasteiger partial charge in [0, 0.05) is 6.54 Å². The van der Waals surface area contributed by atoms with E-state index in [-0.39, 0.29) is 12.1 Å². The van der Waals surface area contributed by atoms with E-state index < -0.39 is 5.60 Å². The third-order valence-electron chi connectivity index (χ3n) is 3.37. The molecule has 2 N–H and O–H groups in total. The molecule has 4 nitrogen and oxygen atoms in total. The number of nitrogens with one attached hydrogen (secondary N) is 2. The van der Waals surface area contributed by atoms with E-state index in [9.17, 15) is 4.79 Å². The lowest BCUT2D eigenvalue weighted by Crippen LogP contribution is -2.39. The lowest BCUT2D eigenvalue weighted by Gasteiger charge is -2.24. The summed E-state index contributed by atoms with van der Waals surface area (Å²) in [4.78, 5) is 12.0. The molecule has 4 heteroatoms. The Morgan fingerprint density at radius 2 is 1.95 bits per heavy atom. The molecule has 0 heterocycles. The number of hydrogen-bond donors (Lipinski definition) is 2. The van der Waals surface area contributed by atoms with Gasteiger partial charge in [0.1, 0.15) is 5.60 Å². The minimum absolute atomic E-state index is 0.0696. The molecule has 1 aliphatic carbocycles. The number of benzene rings is 1. The summed E-state index contributed by atoms with van der Waals surface area (Å²) in [5.74, 6) is 0.822. The van der Waals surface area contributed by atoms with Crippen LogP contribution < -0.4 is 10.6 Å². The minimum atomic E-state index is -0.479. The van der Waals surface area contributed by atoms with Gasteiger partial charge in [0.25, 0.3) is 0 Å². The van der Waals surface area contributed by atoms with Crippen LogP contribution in [-0.2, 0) is 4.74 Å². The normalized spacial score (nSPS) is 16.3. The molecule has 0 saturated heterocycles. The van der Waals surface area contributed by atoms with Crippen LogP contribution in [0.5, 0.6) is 0 Å². The van der Waals surface area contributed by atoms with Crippen LogP contribution in [0.4, 0.5) is 4.79 Å². The molecule has 21 heavy (non-hydrogen) atoms. The smallest absolute Gasteiger partial charge is 0.408 e. The van der Waals surface area contributed by atoms with Crippen LogP contribution in [0.1, 0.15) is 45.2 Å². The number of hydrogen-bond acceptors (Lipinski definition) is 3. The molecule has 2 rings (SSSR count). The highest BCUT2D eigenvalue weighted by atomic mass is 16.6.